The number of rotatable bonds is 5. The number of nitro groups is 1. The Morgan fingerprint density at radius 2 is 2.18 bits per heavy atom. The lowest BCUT2D eigenvalue weighted by Crippen LogP contribution is -2.30. The highest BCUT2D eigenvalue weighted by Crippen LogP contribution is 2.24. The molecule has 0 N–H and O–H groups in total. The van der Waals surface area contributed by atoms with Crippen LogP contribution in [-0.2, 0) is 0 Å². The Labute approximate surface area is 128 Å². The summed E-state index contributed by atoms with van der Waals surface area (Å²) >= 11 is 0. The summed E-state index contributed by atoms with van der Waals surface area (Å²) in [5, 5.41) is 11.3. The molecule has 0 aliphatic heterocycles. The number of carbonyl (C=O) groups excluding carboxylic acids is 1. The molecule has 0 fully saturated rings. The Hall–Kier alpha value is -2.70. The van der Waals surface area contributed by atoms with Gasteiger partial charge in [-0.05, 0) is 18.1 Å². The van der Waals surface area contributed by atoms with E-state index in [0.717, 1.165) is 0 Å². The van der Waals surface area contributed by atoms with Crippen LogP contribution < -0.4 is 0 Å². The van der Waals surface area contributed by atoms with Crippen LogP contribution in [0.15, 0.2) is 36.9 Å². The van der Waals surface area contributed by atoms with E-state index >= 15 is 0 Å². The largest absolute Gasteiger partial charge is 0.341 e. The number of nitro benzene ring substituents is 1. The topological polar surface area (TPSA) is 81.3 Å². The zero-order valence-corrected chi connectivity index (χ0v) is 12.8. The molecule has 116 valence electrons. The molecule has 0 spiro atoms. The molecule has 1 aromatic heterocycles. The minimum atomic E-state index is -0.492. The van der Waals surface area contributed by atoms with Gasteiger partial charge in [0, 0.05) is 37.6 Å². The van der Waals surface area contributed by atoms with Gasteiger partial charge in [0.1, 0.15) is 5.69 Å². The molecule has 0 aliphatic rings. The second-order valence-electron chi connectivity index (χ2n) is 5.51. The first-order chi connectivity index (χ1) is 10.4. The molecule has 0 radical (unpaired) electrons. The van der Waals surface area contributed by atoms with Gasteiger partial charge >= 0.3 is 0 Å². The average Bonchev–Trinajstić information content (AvgIpc) is 2.99. The average molecular weight is 302 g/mol. The lowest BCUT2D eigenvalue weighted by atomic mass is 10.1. The third kappa shape index (κ3) is 3.30. The monoisotopic (exact) mass is 302 g/mol. The normalized spacial score (nSPS) is 10.7. The Morgan fingerprint density at radius 3 is 2.73 bits per heavy atom. The van der Waals surface area contributed by atoms with Gasteiger partial charge in [0.25, 0.3) is 11.6 Å². The molecule has 22 heavy (non-hydrogen) atoms. The number of aromatic nitrogens is 2. The zero-order chi connectivity index (χ0) is 16.3. The van der Waals surface area contributed by atoms with Crippen LogP contribution in [-0.4, -0.2) is 38.9 Å². The fraction of sp³-hybridized carbons (Fsp3) is 0.333. The second kappa shape index (κ2) is 6.38. The number of imidazole rings is 1. The van der Waals surface area contributed by atoms with Crippen molar-refractivity contribution in [1.82, 2.24) is 14.5 Å². The summed E-state index contributed by atoms with van der Waals surface area (Å²) < 4.78 is 1.55. The van der Waals surface area contributed by atoms with Gasteiger partial charge in [-0.3, -0.25) is 14.9 Å². The fourth-order valence-corrected chi connectivity index (χ4v) is 2.27. The van der Waals surface area contributed by atoms with Crippen molar-refractivity contribution in [2.75, 3.05) is 13.6 Å². The SMILES string of the molecule is CC(C)CN(C)C(=O)c1ccc(-n2ccnc2)c([N+](=O)[O-])c1. The molecule has 1 heterocycles. The maximum absolute atomic E-state index is 12.3. The van der Waals surface area contributed by atoms with Gasteiger partial charge in [0.2, 0.25) is 0 Å². The molecular weight excluding hydrogens is 284 g/mol. The van der Waals surface area contributed by atoms with E-state index in [9.17, 15) is 14.9 Å². The predicted molar refractivity (Wildman–Crippen MR) is 82.0 cm³/mol. The summed E-state index contributed by atoms with van der Waals surface area (Å²) in [5.41, 5.74) is 0.561. The summed E-state index contributed by atoms with van der Waals surface area (Å²) in [6.45, 7) is 4.61. The van der Waals surface area contributed by atoms with Gasteiger partial charge in [-0.25, -0.2) is 4.98 Å². The number of hydrogen-bond acceptors (Lipinski definition) is 4. The van der Waals surface area contributed by atoms with Crippen LogP contribution in [0, 0.1) is 16.0 Å². The maximum Gasteiger partial charge on any atom is 0.294 e. The van der Waals surface area contributed by atoms with Gasteiger partial charge in [-0.2, -0.15) is 0 Å². The summed E-state index contributed by atoms with van der Waals surface area (Å²) in [7, 11) is 1.69. The quantitative estimate of drug-likeness (QED) is 0.627. The Bertz CT molecular complexity index is 680. The summed E-state index contributed by atoms with van der Waals surface area (Å²) in [5.74, 6) is 0.100. The molecule has 7 heteroatoms. The second-order valence-corrected chi connectivity index (χ2v) is 5.51. The van der Waals surface area contributed by atoms with Crippen LogP contribution >= 0.6 is 0 Å². The van der Waals surface area contributed by atoms with Gasteiger partial charge < -0.3 is 9.47 Å². The van der Waals surface area contributed by atoms with Crippen molar-refractivity contribution in [3.8, 4) is 5.69 Å². The first kappa shape index (κ1) is 15.7. The van der Waals surface area contributed by atoms with E-state index in [1.54, 1.807) is 41.0 Å². The van der Waals surface area contributed by atoms with E-state index in [2.05, 4.69) is 4.98 Å². The smallest absolute Gasteiger partial charge is 0.294 e. The van der Waals surface area contributed by atoms with E-state index in [-0.39, 0.29) is 11.6 Å². The molecule has 0 aliphatic carbocycles. The van der Waals surface area contributed by atoms with E-state index in [4.69, 9.17) is 0 Å². The van der Waals surface area contributed by atoms with Crippen molar-refractivity contribution < 1.29 is 9.72 Å². The highest BCUT2D eigenvalue weighted by atomic mass is 16.6. The zero-order valence-electron chi connectivity index (χ0n) is 12.8. The van der Waals surface area contributed by atoms with Crippen LogP contribution in [0.4, 0.5) is 5.69 Å². The molecule has 7 nitrogen and oxygen atoms in total. The molecule has 2 rings (SSSR count). The van der Waals surface area contributed by atoms with E-state index in [1.165, 1.54) is 12.4 Å². The number of hydrogen-bond donors (Lipinski definition) is 0. The Balaban J connectivity index is 2.38. The van der Waals surface area contributed by atoms with Crippen LogP contribution in [0.2, 0.25) is 0 Å². The lowest BCUT2D eigenvalue weighted by molar-refractivity contribution is -0.384. The van der Waals surface area contributed by atoms with E-state index in [1.807, 2.05) is 13.8 Å². The van der Waals surface area contributed by atoms with E-state index in [0.29, 0.717) is 23.7 Å². The Morgan fingerprint density at radius 1 is 1.45 bits per heavy atom. The molecular formula is C15H18N4O3. The molecule has 1 amide bonds. The first-order valence-corrected chi connectivity index (χ1v) is 6.92. The van der Waals surface area contributed by atoms with Crippen LogP contribution in [0.1, 0.15) is 24.2 Å². The summed E-state index contributed by atoms with van der Waals surface area (Å²) in [6, 6.07) is 4.48. The molecule has 0 unspecified atom stereocenters. The molecule has 0 bridgehead atoms. The standard InChI is InChI=1S/C15H18N4O3/c1-11(2)9-17(3)15(20)12-4-5-13(14(8-12)19(21)22)18-7-6-16-10-18/h4-8,10-11H,9H2,1-3H3. The minimum Gasteiger partial charge on any atom is -0.341 e. The number of benzene rings is 1. The summed E-state index contributed by atoms with van der Waals surface area (Å²) in [4.78, 5) is 28.6. The van der Waals surface area contributed by atoms with Gasteiger partial charge in [0.15, 0.2) is 0 Å². The van der Waals surface area contributed by atoms with Crippen molar-refractivity contribution >= 4 is 11.6 Å². The van der Waals surface area contributed by atoms with Gasteiger partial charge in [-0.1, -0.05) is 13.8 Å². The number of amides is 1. The van der Waals surface area contributed by atoms with Crippen LogP contribution in [0.3, 0.4) is 0 Å². The van der Waals surface area contributed by atoms with Crippen molar-refractivity contribution in [3.63, 3.8) is 0 Å². The highest BCUT2D eigenvalue weighted by Gasteiger charge is 2.20. The number of nitrogens with zero attached hydrogens (tertiary/aromatic N) is 4. The Kier molecular flexibility index (Phi) is 4.55. The highest BCUT2D eigenvalue weighted by molar-refractivity contribution is 5.95. The van der Waals surface area contributed by atoms with Crippen LogP contribution in [0.25, 0.3) is 5.69 Å². The fourth-order valence-electron chi connectivity index (χ4n) is 2.27. The lowest BCUT2D eigenvalue weighted by Gasteiger charge is -2.19. The van der Waals surface area contributed by atoms with Crippen LogP contribution in [0.5, 0.6) is 0 Å². The molecule has 0 atom stereocenters. The van der Waals surface area contributed by atoms with Gasteiger partial charge in [-0.15, -0.1) is 0 Å². The number of carbonyl (C=O) groups is 1. The molecule has 2 aromatic rings. The molecule has 1 aromatic carbocycles. The molecule has 0 saturated heterocycles. The van der Waals surface area contributed by atoms with Crippen molar-refractivity contribution in [2.45, 2.75) is 13.8 Å². The first-order valence-electron chi connectivity index (χ1n) is 6.92. The van der Waals surface area contributed by atoms with Crippen molar-refractivity contribution in [2.24, 2.45) is 5.92 Å². The van der Waals surface area contributed by atoms with Crippen molar-refractivity contribution in [3.05, 3.63) is 52.6 Å². The third-order valence-electron chi connectivity index (χ3n) is 3.19. The molecule has 0 saturated carbocycles. The summed E-state index contributed by atoms with van der Waals surface area (Å²) in [6.07, 6.45) is 4.64. The van der Waals surface area contributed by atoms with Gasteiger partial charge in [0.05, 0.1) is 11.3 Å². The van der Waals surface area contributed by atoms with Crippen molar-refractivity contribution in [1.29, 1.82) is 0 Å². The maximum atomic E-state index is 12.3. The van der Waals surface area contributed by atoms with E-state index < -0.39 is 4.92 Å². The predicted octanol–water partition coefficient (Wildman–Crippen LogP) is 2.51. The minimum absolute atomic E-state index is 0.123. The third-order valence-corrected chi connectivity index (χ3v) is 3.19.